The summed E-state index contributed by atoms with van der Waals surface area (Å²) in [5.41, 5.74) is 0. The molecule has 0 radical (unpaired) electrons. The van der Waals surface area contributed by atoms with Crippen molar-refractivity contribution in [3.63, 3.8) is 0 Å². The van der Waals surface area contributed by atoms with Crippen LogP contribution in [0, 0.1) is 0 Å². The molecule has 1 aromatic heterocycles. The van der Waals surface area contributed by atoms with E-state index in [9.17, 15) is 9.18 Å². The van der Waals surface area contributed by atoms with Crippen LogP contribution in [0.3, 0.4) is 0 Å². The van der Waals surface area contributed by atoms with Crippen LogP contribution in [-0.2, 0) is 4.79 Å². The van der Waals surface area contributed by atoms with Gasteiger partial charge in [-0.3, -0.25) is 0 Å². The van der Waals surface area contributed by atoms with Crippen LogP contribution in [0.25, 0.3) is 0 Å². The van der Waals surface area contributed by atoms with E-state index in [1.807, 2.05) is 0 Å². The van der Waals surface area contributed by atoms with E-state index in [4.69, 9.17) is 9.52 Å². The Bertz CT molecular complexity index is 255. The maximum Gasteiger partial charge on any atom is 0.339 e. The van der Waals surface area contributed by atoms with Crippen molar-refractivity contribution < 1.29 is 18.7 Å². The number of hydrogen-bond acceptors (Lipinski definition) is 2. The van der Waals surface area contributed by atoms with Gasteiger partial charge in [0.2, 0.25) is 6.17 Å². The van der Waals surface area contributed by atoms with E-state index in [1.54, 1.807) is 12.1 Å². The summed E-state index contributed by atoms with van der Waals surface area (Å²) in [6.07, 6.45) is -0.517. The molecule has 0 bridgehead atoms. The number of furan rings is 1. The first-order valence-electron chi connectivity index (χ1n) is 3.53. The normalized spacial score (nSPS) is 15.5. The minimum Gasteiger partial charge on any atom is -0.479 e. The fourth-order valence-corrected chi connectivity index (χ4v) is 0.908. The van der Waals surface area contributed by atoms with E-state index in [2.05, 4.69) is 0 Å². The van der Waals surface area contributed by atoms with Gasteiger partial charge >= 0.3 is 5.97 Å². The molecule has 4 heteroatoms. The summed E-state index contributed by atoms with van der Waals surface area (Å²) < 4.78 is 17.7. The third kappa shape index (κ3) is 1.64. The molecular formula is C8H9FO3. The van der Waals surface area contributed by atoms with Gasteiger partial charge in [0.25, 0.3) is 0 Å². The van der Waals surface area contributed by atoms with Gasteiger partial charge in [-0.05, 0) is 12.1 Å². The Morgan fingerprint density at radius 3 is 2.83 bits per heavy atom. The van der Waals surface area contributed by atoms with Crippen molar-refractivity contribution >= 4 is 5.97 Å². The second kappa shape index (κ2) is 3.38. The van der Waals surface area contributed by atoms with Gasteiger partial charge in [-0.25, -0.2) is 9.18 Å². The maximum atomic E-state index is 12.8. The maximum absolute atomic E-state index is 12.8. The van der Waals surface area contributed by atoms with Crippen molar-refractivity contribution in [2.45, 2.75) is 19.0 Å². The zero-order valence-electron chi connectivity index (χ0n) is 6.53. The highest BCUT2D eigenvalue weighted by Gasteiger charge is 2.26. The Morgan fingerprint density at radius 2 is 2.42 bits per heavy atom. The van der Waals surface area contributed by atoms with Crippen LogP contribution in [0.5, 0.6) is 0 Å². The van der Waals surface area contributed by atoms with Crippen LogP contribution in [0.2, 0.25) is 0 Å². The first-order chi connectivity index (χ1) is 5.63. The average molecular weight is 172 g/mol. The molecule has 0 aromatic carbocycles. The van der Waals surface area contributed by atoms with Gasteiger partial charge in [-0.2, -0.15) is 0 Å². The van der Waals surface area contributed by atoms with Crippen molar-refractivity contribution in [3.05, 3.63) is 24.2 Å². The number of carboxylic acids is 1. The molecule has 66 valence electrons. The quantitative estimate of drug-likeness (QED) is 0.756. The number of carboxylic acid groups (broad SMARTS) is 1. The molecular weight excluding hydrogens is 163 g/mol. The number of rotatable bonds is 3. The summed E-state index contributed by atoms with van der Waals surface area (Å²) in [7, 11) is 0. The number of halogens is 1. The minimum absolute atomic E-state index is 0.352. The minimum atomic E-state index is -1.91. The third-order valence-corrected chi connectivity index (χ3v) is 1.67. The molecule has 3 nitrogen and oxygen atoms in total. The molecule has 0 saturated heterocycles. The molecule has 0 amide bonds. The van der Waals surface area contributed by atoms with E-state index < -0.39 is 18.1 Å². The van der Waals surface area contributed by atoms with Crippen molar-refractivity contribution in [1.29, 1.82) is 0 Å². The van der Waals surface area contributed by atoms with Crippen molar-refractivity contribution in [3.8, 4) is 0 Å². The Balaban J connectivity index is 2.71. The lowest BCUT2D eigenvalue weighted by atomic mass is 10.0. The van der Waals surface area contributed by atoms with Gasteiger partial charge in [0.15, 0.2) is 0 Å². The molecule has 0 fully saturated rings. The highest BCUT2D eigenvalue weighted by atomic mass is 19.1. The molecule has 2 unspecified atom stereocenters. The fraction of sp³-hybridized carbons (Fsp3) is 0.375. The third-order valence-electron chi connectivity index (χ3n) is 1.67. The number of alkyl halides is 1. The van der Waals surface area contributed by atoms with E-state index in [0.717, 1.165) is 0 Å². The molecule has 0 aliphatic carbocycles. The smallest absolute Gasteiger partial charge is 0.339 e. The average Bonchev–Trinajstić information content (AvgIpc) is 2.53. The summed E-state index contributed by atoms with van der Waals surface area (Å²) in [4.78, 5) is 10.2. The Labute approximate surface area is 68.8 Å². The lowest BCUT2D eigenvalue weighted by Gasteiger charge is -2.08. The SMILES string of the molecule is CC(c1ccco1)C(F)C(=O)O. The van der Waals surface area contributed by atoms with Gasteiger partial charge in [0.05, 0.1) is 12.2 Å². The Morgan fingerprint density at radius 1 is 1.75 bits per heavy atom. The van der Waals surface area contributed by atoms with Crippen LogP contribution < -0.4 is 0 Å². The summed E-state index contributed by atoms with van der Waals surface area (Å²) in [6.45, 7) is 1.47. The zero-order chi connectivity index (χ0) is 9.14. The van der Waals surface area contributed by atoms with E-state index in [1.165, 1.54) is 13.2 Å². The zero-order valence-corrected chi connectivity index (χ0v) is 6.53. The second-order valence-electron chi connectivity index (χ2n) is 2.54. The van der Waals surface area contributed by atoms with Gasteiger partial charge in [0.1, 0.15) is 5.76 Å². The van der Waals surface area contributed by atoms with Gasteiger partial charge < -0.3 is 9.52 Å². The second-order valence-corrected chi connectivity index (χ2v) is 2.54. The number of carbonyl (C=O) groups is 1. The molecule has 1 rings (SSSR count). The molecule has 0 saturated carbocycles. The monoisotopic (exact) mass is 172 g/mol. The molecule has 2 atom stereocenters. The summed E-state index contributed by atoms with van der Waals surface area (Å²) in [5.74, 6) is -1.85. The molecule has 1 heterocycles. The van der Waals surface area contributed by atoms with Gasteiger partial charge in [0, 0.05) is 0 Å². The van der Waals surface area contributed by atoms with Crippen molar-refractivity contribution in [1.82, 2.24) is 0 Å². The lowest BCUT2D eigenvalue weighted by Crippen LogP contribution is -2.20. The Hall–Kier alpha value is -1.32. The summed E-state index contributed by atoms with van der Waals surface area (Å²) >= 11 is 0. The van der Waals surface area contributed by atoms with Crippen LogP contribution in [0.4, 0.5) is 4.39 Å². The van der Waals surface area contributed by atoms with Crippen LogP contribution >= 0.6 is 0 Å². The largest absolute Gasteiger partial charge is 0.479 e. The standard InChI is InChI=1S/C8H9FO3/c1-5(7(9)8(10)11)6-3-2-4-12-6/h2-5,7H,1H3,(H,10,11). The van der Waals surface area contributed by atoms with Crippen molar-refractivity contribution in [2.75, 3.05) is 0 Å². The van der Waals surface area contributed by atoms with E-state index in [0.29, 0.717) is 5.76 Å². The Kier molecular flexibility index (Phi) is 2.47. The molecule has 12 heavy (non-hydrogen) atoms. The van der Waals surface area contributed by atoms with Crippen molar-refractivity contribution in [2.24, 2.45) is 0 Å². The van der Waals surface area contributed by atoms with E-state index >= 15 is 0 Å². The van der Waals surface area contributed by atoms with Crippen LogP contribution in [-0.4, -0.2) is 17.2 Å². The first-order valence-corrected chi connectivity index (χ1v) is 3.53. The van der Waals surface area contributed by atoms with E-state index in [-0.39, 0.29) is 0 Å². The van der Waals surface area contributed by atoms with Crippen LogP contribution in [0.15, 0.2) is 22.8 Å². The summed E-state index contributed by atoms with van der Waals surface area (Å²) in [5, 5.41) is 8.33. The predicted molar refractivity (Wildman–Crippen MR) is 39.7 cm³/mol. The number of aliphatic carboxylic acids is 1. The predicted octanol–water partition coefficient (Wildman–Crippen LogP) is 1.81. The van der Waals surface area contributed by atoms with Gasteiger partial charge in [-0.15, -0.1) is 0 Å². The van der Waals surface area contributed by atoms with Gasteiger partial charge in [-0.1, -0.05) is 6.92 Å². The molecule has 1 N–H and O–H groups in total. The highest BCUT2D eigenvalue weighted by molar-refractivity contribution is 5.73. The molecule has 0 aliphatic heterocycles. The fourth-order valence-electron chi connectivity index (χ4n) is 0.908. The molecule has 0 spiro atoms. The summed E-state index contributed by atoms with van der Waals surface area (Å²) in [6, 6.07) is 3.15. The topological polar surface area (TPSA) is 50.4 Å². The molecule has 0 aliphatic rings. The highest BCUT2D eigenvalue weighted by Crippen LogP contribution is 2.21. The van der Waals surface area contributed by atoms with Crippen LogP contribution in [0.1, 0.15) is 18.6 Å². The first kappa shape index (κ1) is 8.77. The number of hydrogen-bond donors (Lipinski definition) is 1. The lowest BCUT2D eigenvalue weighted by molar-refractivity contribution is -0.143. The molecule has 1 aromatic rings.